The van der Waals surface area contributed by atoms with Gasteiger partial charge in [-0.3, -0.25) is 9.48 Å². The molecule has 0 radical (unpaired) electrons. The zero-order valence-electron chi connectivity index (χ0n) is 17.5. The zero-order chi connectivity index (χ0) is 22.5. The number of aryl methyl sites for hydroxylation is 1. The Morgan fingerprint density at radius 1 is 1.16 bits per heavy atom. The van der Waals surface area contributed by atoms with Crippen molar-refractivity contribution in [1.29, 1.82) is 0 Å². The monoisotopic (exact) mass is 451 g/mol. The number of rotatable bonds is 5. The molecule has 6 nitrogen and oxygen atoms in total. The molecule has 0 saturated carbocycles. The maximum absolute atomic E-state index is 13.5. The Labute approximate surface area is 185 Å². The highest BCUT2D eigenvalue weighted by Crippen LogP contribution is 2.34. The molecule has 4 aromatic rings. The molecule has 0 N–H and O–H groups in total. The normalized spacial score (nSPS) is 17.8. The van der Waals surface area contributed by atoms with Crippen LogP contribution in [0.2, 0.25) is 0 Å². The number of hydrogen-bond donors (Lipinski definition) is 0. The highest BCUT2D eigenvalue weighted by Gasteiger charge is 2.29. The minimum atomic E-state index is -3.02. The molecule has 1 fully saturated rings. The summed E-state index contributed by atoms with van der Waals surface area (Å²) in [6, 6.07) is 11.7. The summed E-state index contributed by atoms with van der Waals surface area (Å²) < 4.78 is 40.7. The second kappa shape index (κ2) is 7.70. The maximum atomic E-state index is 13.5. The quantitative estimate of drug-likeness (QED) is 0.427. The van der Waals surface area contributed by atoms with Crippen LogP contribution in [-0.4, -0.2) is 40.1 Å². The van der Waals surface area contributed by atoms with Crippen molar-refractivity contribution < 1.29 is 17.6 Å². The number of carbonyl (C=O) groups excluding carboxylic acids is 1. The number of Topliss-reactive ketones (excluding diaryl/α,β-unsaturated/α-hetero) is 1. The molecule has 8 heteroatoms. The van der Waals surface area contributed by atoms with Gasteiger partial charge in [-0.1, -0.05) is 12.1 Å². The molecule has 1 saturated heterocycles. The van der Waals surface area contributed by atoms with E-state index in [-0.39, 0.29) is 35.4 Å². The Morgan fingerprint density at radius 2 is 1.94 bits per heavy atom. The SMILES string of the molecule is Cn1cc(-c2cn(-c3ccc(F)cc3)c3cc(C(=O)CC4CCS(=O)(=O)C4)ccc23)cn1. The van der Waals surface area contributed by atoms with Crippen LogP contribution in [0, 0.1) is 11.7 Å². The fraction of sp³-hybridized carbons (Fsp3) is 0.250. The molecule has 2 aromatic heterocycles. The van der Waals surface area contributed by atoms with E-state index in [0.29, 0.717) is 12.0 Å². The summed E-state index contributed by atoms with van der Waals surface area (Å²) >= 11 is 0. The Kier molecular flexibility index (Phi) is 4.97. The van der Waals surface area contributed by atoms with E-state index in [1.54, 1.807) is 29.1 Å². The van der Waals surface area contributed by atoms with Crippen molar-refractivity contribution in [3.63, 3.8) is 0 Å². The predicted octanol–water partition coefficient (Wildman–Crippen LogP) is 4.18. The van der Waals surface area contributed by atoms with E-state index < -0.39 is 9.84 Å². The Bertz CT molecular complexity index is 1440. The van der Waals surface area contributed by atoms with Crippen LogP contribution in [0.15, 0.2) is 61.1 Å². The molecular formula is C24H22FN3O3S. The number of sulfone groups is 1. The Balaban J connectivity index is 1.58. The van der Waals surface area contributed by atoms with Crippen molar-refractivity contribution in [2.45, 2.75) is 12.8 Å². The van der Waals surface area contributed by atoms with Crippen LogP contribution in [-0.2, 0) is 16.9 Å². The molecule has 164 valence electrons. The van der Waals surface area contributed by atoms with Gasteiger partial charge in [-0.2, -0.15) is 5.10 Å². The lowest BCUT2D eigenvalue weighted by Crippen LogP contribution is -2.10. The smallest absolute Gasteiger partial charge is 0.163 e. The van der Waals surface area contributed by atoms with Gasteiger partial charge in [-0.25, -0.2) is 12.8 Å². The van der Waals surface area contributed by atoms with Crippen LogP contribution >= 0.6 is 0 Å². The van der Waals surface area contributed by atoms with E-state index in [1.165, 1.54) is 12.1 Å². The molecule has 0 spiro atoms. The highest BCUT2D eigenvalue weighted by atomic mass is 32.2. The molecule has 0 aliphatic carbocycles. The summed E-state index contributed by atoms with van der Waals surface area (Å²) in [5.41, 5.74) is 4.03. The van der Waals surface area contributed by atoms with Crippen molar-refractivity contribution in [3.05, 3.63) is 72.4 Å². The fourth-order valence-corrected chi connectivity index (χ4v) is 6.28. The third-order valence-electron chi connectivity index (χ3n) is 6.05. The first kappa shape index (κ1) is 20.6. The second-order valence-corrected chi connectivity index (χ2v) is 10.6. The van der Waals surface area contributed by atoms with Gasteiger partial charge < -0.3 is 4.57 Å². The number of fused-ring (bicyclic) bond motifs is 1. The third-order valence-corrected chi connectivity index (χ3v) is 7.89. The van der Waals surface area contributed by atoms with E-state index in [2.05, 4.69) is 5.10 Å². The summed E-state index contributed by atoms with van der Waals surface area (Å²) in [7, 11) is -1.17. The number of benzene rings is 2. The molecule has 0 bridgehead atoms. The minimum Gasteiger partial charge on any atom is -0.316 e. The number of nitrogens with zero attached hydrogens (tertiary/aromatic N) is 3. The van der Waals surface area contributed by atoms with Gasteiger partial charge in [-0.15, -0.1) is 0 Å². The Morgan fingerprint density at radius 3 is 2.59 bits per heavy atom. The lowest BCUT2D eigenvalue weighted by molar-refractivity contribution is 0.0966. The number of aromatic nitrogens is 3. The van der Waals surface area contributed by atoms with Crippen molar-refractivity contribution in [3.8, 4) is 16.8 Å². The molecule has 1 aliphatic heterocycles. The summed E-state index contributed by atoms with van der Waals surface area (Å²) in [6.07, 6.45) is 6.42. The van der Waals surface area contributed by atoms with Crippen molar-refractivity contribution in [2.75, 3.05) is 11.5 Å². The first-order valence-electron chi connectivity index (χ1n) is 10.4. The Hall–Kier alpha value is -3.26. The summed E-state index contributed by atoms with van der Waals surface area (Å²) in [6.45, 7) is 0. The van der Waals surface area contributed by atoms with E-state index >= 15 is 0 Å². The van der Waals surface area contributed by atoms with Crippen LogP contribution in [0.4, 0.5) is 4.39 Å². The van der Waals surface area contributed by atoms with Gasteiger partial charge in [0.15, 0.2) is 15.6 Å². The lowest BCUT2D eigenvalue weighted by Gasteiger charge is -2.09. The summed E-state index contributed by atoms with van der Waals surface area (Å²) in [5, 5.41) is 5.21. The van der Waals surface area contributed by atoms with E-state index in [1.807, 2.05) is 36.1 Å². The van der Waals surface area contributed by atoms with Gasteiger partial charge in [0.1, 0.15) is 5.82 Å². The molecule has 5 rings (SSSR count). The molecule has 3 heterocycles. The van der Waals surface area contributed by atoms with Gasteiger partial charge in [-0.05, 0) is 42.7 Å². The van der Waals surface area contributed by atoms with E-state index in [0.717, 1.165) is 27.7 Å². The zero-order valence-corrected chi connectivity index (χ0v) is 18.3. The van der Waals surface area contributed by atoms with Gasteiger partial charge in [0.2, 0.25) is 0 Å². The topological polar surface area (TPSA) is 74.0 Å². The molecule has 0 amide bonds. The van der Waals surface area contributed by atoms with Crippen LogP contribution in [0.25, 0.3) is 27.7 Å². The number of halogens is 1. The van der Waals surface area contributed by atoms with Gasteiger partial charge in [0, 0.05) is 53.6 Å². The molecule has 2 aromatic carbocycles. The highest BCUT2D eigenvalue weighted by molar-refractivity contribution is 7.91. The first-order valence-corrected chi connectivity index (χ1v) is 12.2. The lowest BCUT2D eigenvalue weighted by atomic mass is 9.97. The summed E-state index contributed by atoms with van der Waals surface area (Å²) in [5.74, 6) is -0.272. The molecular weight excluding hydrogens is 429 g/mol. The third kappa shape index (κ3) is 3.86. The van der Waals surface area contributed by atoms with Crippen LogP contribution in [0.3, 0.4) is 0 Å². The number of hydrogen-bond acceptors (Lipinski definition) is 4. The number of carbonyl (C=O) groups is 1. The molecule has 1 atom stereocenters. The summed E-state index contributed by atoms with van der Waals surface area (Å²) in [4.78, 5) is 13.0. The maximum Gasteiger partial charge on any atom is 0.163 e. The van der Waals surface area contributed by atoms with Crippen LogP contribution in [0.5, 0.6) is 0 Å². The van der Waals surface area contributed by atoms with E-state index in [4.69, 9.17) is 0 Å². The number of ketones is 1. The van der Waals surface area contributed by atoms with Crippen LogP contribution < -0.4 is 0 Å². The second-order valence-electron chi connectivity index (χ2n) is 8.42. The van der Waals surface area contributed by atoms with Crippen LogP contribution in [0.1, 0.15) is 23.2 Å². The molecule has 32 heavy (non-hydrogen) atoms. The average Bonchev–Trinajstić information content (AvgIpc) is 3.44. The minimum absolute atomic E-state index is 0.0659. The van der Waals surface area contributed by atoms with Gasteiger partial charge in [0.25, 0.3) is 0 Å². The van der Waals surface area contributed by atoms with Crippen molar-refractivity contribution in [2.24, 2.45) is 13.0 Å². The van der Waals surface area contributed by atoms with Gasteiger partial charge in [0.05, 0.1) is 23.2 Å². The van der Waals surface area contributed by atoms with Crippen molar-refractivity contribution >= 4 is 26.5 Å². The molecule has 1 unspecified atom stereocenters. The largest absolute Gasteiger partial charge is 0.316 e. The first-order chi connectivity index (χ1) is 15.3. The fourth-order valence-electron chi connectivity index (χ4n) is 4.42. The molecule has 1 aliphatic rings. The standard InChI is InChI=1S/C24H22FN3O3S/c1-27-13-18(12-26-27)22-14-28(20-5-3-19(25)4-6-20)23-11-17(2-7-21(22)23)24(29)10-16-8-9-32(30,31)15-16/h2-7,11-14,16H,8-10,15H2,1H3. The van der Waals surface area contributed by atoms with E-state index in [9.17, 15) is 17.6 Å². The van der Waals surface area contributed by atoms with Crippen molar-refractivity contribution in [1.82, 2.24) is 14.3 Å². The predicted molar refractivity (Wildman–Crippen MR) is 121 cm³/mol. The van der Waals surface area contributed by atoms with Gasteiger partial charge >= 0.3 is 0 Å². The average molecular weight is 452 g/mol.